The topological polar surface area (TPSA) is 56.7 Å². The summed E-state index contributed by atoms with van der Waals surface area (Å²) in [5.41, 5.74) is 0.996. The first-order chi connectivity index (χ1) is 11.6. The number of guanidine groups is 1. The van der Waals surface area contributed by atoms with Crippen molar-refractivity contribution in [2.75, 3.05) is 26.7 Å². The van der Waals surface area contributed by atoms with E-state index in [1.165, 1.54) is 6.07 Å². The molecule has 0 aromatic heterocycles. The van der Waals surface area contributed by atoms with E-state index >= 15 is 0 Å². The zero-order valence-electron chi connectivity index (χ0n) is 14.9. The molecule has 1 aromatic carbocycles. The number of aliphatic imine (C=N–C) groups is 1. The van der Waals surface area contributed by atoms with Gasteiger partial charge in [-0.1, -0.05) is 12.1 Å². The van der Waals surface area contributed by atoms with Gasteiger partial charge < -0.3 is 15.5 Å². The van der Waals surface area contributed by atoms with Crippen molar-refractivity contribution in [3.8, 4) is 0 Å². The molecule has 1 saturated heterocycles. The predicted octanol–water partition coefficient (Wildman–Crippen LogP) is 2.55. The van der Waals surface area contributed by atoms with Crippen LogP contribution in [-0.4, -0.2) is 49.5 Å². The molecule has 1 amide bonds. The van der Waals surface area contributed by atoms with Crippen molar-refractivity contribution in [3.05, 3.63) is 35.6 Å². The number of nitrogens with one attached hydrogen (secondary N) is 2. The third-order valence-corrected chi connectivity index (χ3v) is 4.09. The molecule has 1 heterocycles. The monoisotopic (exact) mass is 462 g/mol. The van der Waals surface area contributed by atoms with Crippen LogP contribution >= 0.6 is 24.0 Å². The minimum Gasteiger partial charge on any atom is -0.357 e. The van der Waals surface area contributed by atoms with Gasteiger partial charge in [0.15, 0.2) is 5.96 Å². The van der Waals surface area contributed by atoms with Crippen molar-refractivity contribution in [2.45, 2.75) is 38.6 Å². The fourth-order valence-corrected chi connectivity index (χ4v) is 2.81. The molecule has 1 aliphatic heterocycles. The minimum absolute atomic E-state index is 0. The highest BCUT2D eigenvalue weighted by molar-refractivity contribution is 14.0. The molecule has 1 aliphatic rings. The van der Waals surface area contributed by atoms with Crippen LogP contribution in [-0.2, 0) is 11.2 Å². The third-order valence-electron chi connectivity index (χ3n) is 4.09. The zero-order chi connectivity index (χ0) is 17.4. The van der Waals surface area contributed by atoms with Gasteiger partial charge in [-0.3, -0.25) is 9.79 Å². The molecule has 1 atom stereocenters. The lowest BCUT2D eigenvalue weighted by Crippen LogP contribution is -2.51. The number of piperidine rings is 1. The number of benzene rings is 1. The number of rotatable bonds is 6. The number of hydrogen-bond donors (Lipinski definition) is 2. The molecule has 5 nitrogen and oxygen atoms in total. The largest absolute Gasteiger partial charge is 0.357 e. The van der Waals surface area contributed by atoms with Gasteiger partial charge in [-0.05, 0) is 43.9 Å². The van der Waals surface area contributed by atoms with Crippen LogP contribution in [0.3, 0.4) is 0 Å². The predicted molar refractivity (Wildman–Crippen MR) is 110 cm³/mol. The van der Waals surface area contributed by atoms with Gasteiger partial charge in [0.1, 0.15) is 5.82 Å². The van der Waals surface area contributed by atoms with E-state index in [4.69, 9.17) is 0 Å². The second kappa shape index (κ2) is 11.3. The molecule has 0 bridgehead atoms. The molecular weight excluding hydrogens is 434 g/mol. The van der Waals surface area contributed by atoms with Crippen LogP contribution in [0.4, 0.5) is 4.39 Å². The molecule has 1 aromatic rings. The molecular formula is C18H28FIN4O. The van der Waals surface area contributed by atoms with Crippen molar-refractivity contribution in [3.63, 3.8) is 0 Å². The summed E-state index contributed by atoms with van der Waals surface area (Å²) in [5.74, 6) is 0.788. The van der Waals surface area contributed by atoms with Crippen LogP contribution in [0.2, 0.25) is 0 Å². The summed E-state index contributed by atoms with van der Waals surface area (Å²) in [5, 5.41) is 6.64. The van der Waals surface area contributed by atoms with Gasteiger partial charge in [0, 0.05) is 39.1 Å². The molecule has 25 heavy (non-hydrogen) atoms. The summed E-state index contributed by atoms with van der Waals surface area (Å²) in [7, 11) is 1.83. The average molecular weight is 462 g/mol. The van der Waals surface area contributed by atoms with Crippen LogP contribution in [0.5, 0.6) is 0 Å². The standard InChI is InChI=1S/C18H27FN4O.HI/c1-3-20-18(22-16-9-10-17(24)23(2)13-16)21-11-5-7-14-6-4-8-15(19)12-14;/h4,6,8,12,16H,3,5,7,9-11,13H2,1-2H3,(H2,20,21,22);1H. The van der Waals surface area contributed by atoms with E-state index in [0.29, 0.717) is 19.5 Å². The highest BCUT2D eigenvalue weighted by Crippen LogP contribution is 2.09. The Bertz CT molecular complexity index is 582. The lowest BCUT2D eigenvalue weighted by atomic mass is 10.1. The third kappa shape index (κ3) is 7.58. The Labute approximate surface area is 166 Å². The Morgan fingerprint density at radius 2 is 2.24 bits per heavy atom. The maximum absolute atomic E-state index is 13.1. The van der Waals surface area contributed by atoms with Crippen molar-refractivity contribution in [1.82, 2.24) is 15.5 Å². The maximum Gasteiger partial charge on any atom is 0.222 e. The minimum atomic E-state index is -0.193. The Morgan fingerprint density at radius 3 is 2.92 bits per heavy atom. The molecule has 0 spiro atoms. The molecule has 0 aliphatic carbocycles. The summed E-state index contributed by atoms with van der Waals surface area (Å²) in [6.45, 7) is 4.19. The lowest BCUT2D eigenvalue weighted by Gasteiger charge is -2.31. The number of amides is 1. The smallest absolute Gasteiger partial charge is 0.222 e. The number of aryl methyl sites for hydroxylation is 1. The van der Waals surface area contributed by atoms with Crippen LogP contribution in [0, 0.1) is 5.82 Å². The van der Waals surface area contributed by atoms with Gasteiger partial charge in [0.25, 0.3) is 0 Å². The van der Waals surface area contributed by atoms with Crippen LogP contribution in [0.15, 0.2) is 29.3 Å². The molecule has 1 fully saturated rings. The van der Waals surface area contributed by atoms with Crippen LogP contribution in [0.1, 0.15) is 31.7 Å². The summed E-state index contributed by atoms with van der Waals surface area (Å²) in [6.07, 6.45) is 3.08. The number of likely N-dealkylation sites (tertiary alicyclic amines) is 1. The molecule has 0 saturated carbocycles. The SMILES string of the molecule is CCNC(=NCCCc1cccc(F)c1)NC1CCC(=O)N(C)C1.I. The van der Waals surface area contributed by atoms with E-state index < -0.39 is 0 Å². The number of likely N-dealkylation sites (N-methyl/N-ethyl adjacent to an activating group) is 1. The lowest BCUT2D eigenvalue weighted by molar-refractivity contribution is -0.132. The Hall–Kier alpha value is -1.38. The molecule has 0 radical (unpaired) electrons. The van der Waals surface area contributed by atoms with Crippen LogP contribution < -0.4 is 10.6 Å². The first-order valence-electron chi connectivity index (χ1n) is 8.61. The second-order valence-corrected chi connectivity index (χ2v) is 6.15. The van der Waals surface area contributed by atoms with Crippen molar-refractivity contribution in [2.24, 2.45) is 4.99 Å². The molecule has 2 N–H and O–H groups in total. The molecule has 140 valence electrons. The Morgan fingerprint density at radius 1 is 1.44 bits per heavy atom. The Kier molecular flexibility index (Phi) is 9.77. The van der Waals surface area contributed by atoms with E-state index in [1.54, 1.807) is 17.0 Å². The van der Waals surface area contributed by atoms with Gasteiger partial charge in [-0.15, -0.1) is 24.0 Å². The average Bonchev–Trinajstić information content (AvgIpc) is 2.55. The van der Waals surface area contributed by atoms with Gasteiger partial charge in [-0.2, -0.15) is 0 Å². The molecule has 1 unspecified atom stereocenters. The highest BCUT2D eigenvalue weighted by Gasteiger charge is 2.23. The number of nitrogens with zero attached hydrogens (tertiary/aromatic N) is 2. The van der Waals surface area contributed by atoms with Crippen LogP contribution in [0.25, 0.3) is 0 Å². The fraction of sp³-hybridized carbons (Fsp3) is 0.556. The van der Waals surface area contributed by atoms with Crippen molar-refractivity contribution >= 4 is 35.8 Å². The first-order valence-corrected chi connectivity index (χ1v) is 8.61. The molecule has 2 rings (SSSR count). The number of carbonyl (C=O) groups is 1. The Balaban J connectivity index is 0.00000312. The van der Waals surface area contributed by atoms with E-state index in [2.05, 4.69) is 15.6 Å². The van der Waals surface area contributed by atoms with Crippen molar-refractivity contribution < 1.29 is 9.18 Å². The fourth-order valence-electron chi connectivity index (χ4n) is 2.81. The second-order valence-electron chi connectivity index (χ2n) is 6.15. The number of hydrogen-bond acceptors (Lipinski definition) is 2. The normalized spacial score (nSPS) is 17.9. The summed E-state index contributed by atoms with van der Waals surface area (Å²) < 4.78 is 13.1. The maximum atomic E-state index is 13.1. The summed E-state index contributed by atoms with van der Waals surface area (Å²) >= 11 is 0. The quantitative estimate of drug-likeness (QED) is 0.296. The number of carbonyl (C=O) groups excluding carboxylic acids is 1. The first kappa shape index (κ1) is 21.7. The number of halogens is 2. The summed E-state index contributed by atoms with van der Waals surface area (Å²) in [6, 6.07) is 6.93. The van der Waals surface area contributed by atoms with Gasteiger partial charge in [0.05, 0.1) is 0 Å². The summed E-state index contributed by atoms with van der Waals surface area (Å²) in [4.78, 5) is 17.9. The van der Waals surface area contributed by atoms with Gasteiger partial charge in [0.2, 0.25) is 5.91 Å². The van der Waals surface area contributed by atoms with E-state index in [-0.39, 0.29) is 41.7 Å². The highest BCUT2D eigenvalue weighted by atomic mass is 127. The van der Waals surface area contributed by atoms with E-state index in [0.717, 1.165) is 37.3 Å². The molecule has 7 heteroatoms. The van der Waals surface area contributed by atoms with E-state index in [9.17, 15) is 9.18 Å². The van der Waals surface area contributed by atoms with Crippen molar-refractivity contribution in [1.29, 1.82) is 0 Å². The van der Waals surface area contributed by atoms with Gasteiger partial charge >= 0.3 is 0 Å². The zero-order valence-corrected chi connectivity index (χ0v) is 17.3. The van der Waals surface area contributed by atoms with Gasteiger partial charge in [-0.25, -0.2) is 4.39 Å². The van der Waals surface area contributed by atoms with E-state index in [1.807, 2.05) is 20.0 Å².